The third kappa shape index (κ3) is 4.93. The largest absolute Gasteiger partial charge is 0.508 e. The smallest absolute Gasteiger partial charge is 0.115 e. The lowest BCUT2D eigenvalue weighted by molar-refractivity contribution is 0.471. The SMILES string of the molecule is CCCNC(Cc1cccc(O)c1)C1CSCCS1. The fourth-order valence-corrected chi connectivity index (χ4v) is 5.23. The molecule has 0 saturated carbocycles. The molecule has 1 fully saturated rings. The molecule has 0 aromatic heterocycles. The molecule has 1 aliphatic rings. The van der Waals surface area contributed by atoms with E-state index in [1.54, 1.807) is 6.07 Å². The summed E-state index contributed by atoms with van der Waals surface area (Å²) in [6.07, 6.45) is 2.17. The van der Waals surface area contributed by atoms with E-state index >= 15 is 0 Å². The second-order valence-electron chi connectivity index (χ2n) is 4.92. The Morgan fingerprint density at radius 1 is 1.42 bits per heavy atom. The molecule has 2 nitrogen and oxygen atoms in total. The molecule has 2 atom stereocenters. The highest BCUT2D eigenvalue weighted by Gasteiger charge is 2.24. The van der Waals surface area contributed by atoms with Crippen LogP contribution in [0.3, 0.4) is 0 Å². The summed E-state index contributed by atoms with van der Waals surface area (Å²) in [6, 6.07) is 8.19. The number of thioether (sulfide) groups is 2. The first-order valence-electron chi connectivity index (χ1n) is 7.00. The number of hydrogen-bond donors (Lipinski definition) is 2. The Morgan fingerprint density at radius 3 is 3.00 bits per heavy atom. The molecular formula is C15H23NOS2. The van der Waals surface area contributed by atoms with Crippen LogP contribution in [0.15, 0.2) is 24.3 Å². The number of benzene rings is 1. The quantitative estimate of drug-likeness (QED) is 0.845. The van der Waals surface area contributed by atoms with E-state index in [2.05, 4.69) is 41.8 Å². The normalized spacial score (nSPS) is 21.2. The third-order valence-electron chi connectivity index (χ3n) is 3.31. The molecule has 106 valence electrons. The highest BCUT2D eigenvalue weighted by molar-refractivity contribution is 8.06. The van der Waals surface area contributed by atoms with Crippen molar-refractivity contribution in [2.24, 2.45) is 0 Å². The van der Waals surface area contributed by atoms with E-state index in [4.69, 9.17) is 0 Å². The van der Waals surface area contributed by atoms with E-state index in [0.29, 0.717) is 17.0 Å². The molecule has 2 N–H and O–H groups in total. The Bertz CT molecular complexity index is 380. The molecule has 1 aliphatic heterocycles. The van der Waals surface area contributed by atoms with Crippen molar-refractivity contribution in [3.63, 3.8) is 0 Å². The maximum absolute atomic E-state index is 9.58. The van der Waals surface area contributed by atoms with E-state index in [-0.39, 0.29) is 0 Å². The monoisotopic (exact) mass is 297 g/mol. The van der Waals surface area contributed by atoms with Crippen LogP contribution in [0.25, 0.3) is 0 Å². The van der Waals surface area contributed by atoms with Gasteiger partial charge in [0.05, 0.1) is 0 Å². The molecule has 1 saturated heterocycles. The zero-order valence-corrected chi connectivity index (χ0v) is 13.1. The Kier molecular flexibility index (Phi) is 6.41. The van der Waals surface area contributed by atoms with Gasteiger partial charge in [-0.15, -0.1) is 0 Å². The second kappa shape index (κ2) is 8.08. The van der Waals surface area contributed by atoms with Crippen molar-refractivity contribution in [2.45, 2.75) is 31.1 Å². The highest BCUT2D eigenvalue weighted by Crippen LogP contribution is 2.28. The van der Waals surface area contributed by atoms with E-state index in [1.165, 1.54) is 29.2 Å². The van der Waals surface area contributed by atoms with Crippen LogP contribution in [0.2, 0.25) is 0 Å². The van der Waals surface area contributed by atoms with E-state index < -0.39 is 0 Å². The summed E-state index contributed by atoms with van der Waals surface area (Å²) in [5.74, 6) is 4.16. The van der Waals surface area contributed by atoms with Crippen molar-refractivity contribution < 1.29 is 5.11 Å². The summed E-state index contributed by atoms with van der Waals surface area (Å²) in [4.78, 5) is 0. The minimum absolute atomic E-state index is 0.373. The minimum atomic E-state index is 0.373. The molecule has 0 bridgehead atoms. The molecule has 1 heterocycles. The maximum Gasteiger partial charge on any atom is 0.115 e. The lowest BCUT2D eigenvalue weighted by atomic mass is 10.0. The van der Waals surface area contributed by atoms with Gasteiger partial charge >= 0.3 is 0 Å². The minimum Gasteiger partial charge on any atom is -0.508 e. The van der Waals surface area contributed by atoms with Crippen molar-refractivity contribution >= 4 is 23.5 Å². The van der Waals surface area contributed by atoms with Crippen molar-refractivity contribution in [3.05, 3.63) is 29.8 Å². The predicted octanol–water partition coefficient (Wildman–Crippen LogP) is 3.15. The van der Waals surface area contributed by atoms with Crippen molar-refractivity contribution in [1.29, 1.82) is 0 Å². The molecule has 0 spiro atoms. The van der Waals surface area contributed by atoms with Crippen molar-refractivity contribution in [3.8, 4) is 5.75 Å². The number of phenolic OH excluding ortho intramolecular Hbond substituents is 1. The second-order valence-corrected chi connectivity index (χ2v) is 7.42. The fourth-order valence-electron chi connectivity index (χ4n) is 2.34. The van der Waals surface area contributed by atoms with Gasteiger partial charge < -0.3 is 10.4 Å². The average Bonchev–Trinajstić information content (AvgIpc) is 2.44. The lowest BCUT2D eigenvalue weighted by Crippen LogP contribution is -2.43. The summed E-state index contributed by atoms with van der Waals surface area (Å²) < 4.78 is 0. The molecule has 1 aromatic carbocycles. The number of hydrogen-bond acceptors (Lipinski definition) is 4. The van der Waals surface area contributed by atoms with Gasteiger partial charge in [0.1, 0.15) is 5.75 Å². The molecule has 0 radical (unpaired) electrons. The molecule has 2 unspecified atom stereocenters. The van der Waals surface area contributed by atoms with E-state index in [0.717, 1.165) is 13.0 Å². The van der Waals surface area contributed by atoms with Crippen LogP contribution in [0.5, 0.6) is 5.75 Å². The first kappa shape index (κ1) is 15.1. The van der Waals surface area contributed by atoms with Gasteiger partial charge in [0.15, 0.2) is 0 Å². The van der Waals surface area contributed by atoms with Gasteiger partial charge in [-0.1, -0.05) is 19.1 Å². The number of nitrogens with one attached hydrogen (secondary N) is 1. The summed E-state index contributed by atoms with van der Waals surface area (Å²) in [5.41, 5.74) is 1.23. The van der Waals surface area contributed by atoms with Gasteiger partial charge in [-0.25, -0.2) is 0 Å². The highest BCUT2D eigenvalue weighted by atomic mass is 32.2. The van der Waals surface area contributed by atoms with Gasteiger partial charge in [-0.2, -0.15) is 23.5 Å². The van der Waals surface area contributed by atoms with Gasteiger partial charge in [0, 0.05) is 28.6 Å². The standard InChI is InChI=1S/C15H23NOS2/c1-2-6-16-14(15-11-18-7-8-19-15)10-12-4-3-5-13(17)9-12/h3-5,9,14-17H,2,6-8,10-11H2,1H3. The Labute approximate surface area is 124 Å². The Hall–Kier alpha value is -0.320. The number of phenols is 1. The first-order chi connectivity index (χ1) is 9.29. The zero-order valence-electron chi connectivity index (χ0n) is 11.5. The van der Waals surface area contributed by atoms with Gasteiger partial charge in [0.25, 0.3) is 0 Å². The lowest BCUT2D eigenvalue weighted by Gasteiger charge is -2.30. The van der Waals surface area contributed by atoms with E-state index in [1.807, 2.05) is 12.1 Å². The number of rotatable bonds is 6. The summed E-state index contributed by atoms with van der Waals surface area (Å²) in [6.45, 7) is 3.28. The van der Waals surface area contributed by atoms with Crippen LogP contribution in [0, 0.1) is 0 Å². The molecule has 1 aromatic rings. The Balaban J connectivity index is 1.99. The van der Waals surface area contributed by atoms with Crippen molar-refractivity contribution in [1.82, 2.24) is 5.32 Å². The van der Waals surface area contributed by atoms with Gasteiger partial charge in [-0.3, -0.25) is 0 Å². The molecule has 2 rings (SSSR count). The maximum atomic E-state index is 9.58. The Morgan fingerprint density at radius 2 is 2.32 bits per heavy atom. The third-order valence-corrected chi connectivity index (χ3v) is 6.23. The van der Waals surface area contributed by atoms with Crippen LogP contribution in [0.4, 0.5) is 0 Å². The van der Waals surface area contributed by atoms with Gasteiger partial charge in [0.2, 0.25) is 0 Å². The average molecular weight is 297 g/mol. The molecule has 0 amide bonds. The van der Waals surface area contributed by atoms with Crippen LogP contribution in [0.1, 0.15) is 18.9 Å². The fraction of sp³-hybridized carbons (Fsp3) is 0.600. The number of aromatic hydroxyl groups is 1. The van der Waals surface area contributed by atoms with Gasteiger partial charge in [-0.05, 0) is 37.1 Å². The first-order valence-corrected chi connectivity index (χ1v) is 9.20. The molecule has 19 heavy (non-hydrogen) atoms. The van der Waals surface area contributed by atoms with Crippen LogP contribution < -0.4 is 5.32 Å². The van der Waals surface area contributed by atoms with Crippen LogP contribution in [-0.2, 0) is 6.42 Å². The summed E-state index contributed by atoms with van der Waals surface area (Å²) in [7, 11) is 0. The molecular weight excluding hydrogens is 274 g/mol. The predicted molar refractivity (Wildman–Crippen MR) is 87.5 cm³/mol. The van der Waals surface area contributed by atoms with Crippen LogP contribution >= 0.6 is 23.5 Å². The summed E-state index contributed by atoms with van der Waals surface area (Å²) in [5, 5.41) is 14.0. The van der Waals surface area contributed by atoms with Crippen LogP contribution in [-0.4, -0.2) is 40.2 Å². The van der Waals surface area contributed by atoms with E-state index in [9.17, 15) is 5.11 Å². The van der Waals surface area contributed by atoms with Crippen molar-refractivity contribution in [2.75, 3.05) is 23.8 Å². The zero-order chi connectivity index (χ0) is 13.5. The molecule has 4 heteroatoms. The summed E-state index contributed by atoms with van der Waals surface area (Å²) >= 11 is 4.17. The topological polar surface area (TPSA) is 32.3 Å². The molecule has 0 aliphatic carbocycles.